The average Bonchev–Trinajstić information content (AvgIpc) is 3.08. The number of amides is 1. The predicted molar refractivity (Wildman–Crippen MR) is 92.6 cm³/mol. The van der Waals surface area contributed by atoms with E-state index in [1.807, 2.05) is 23.1 Å². The summed E-state index contributed by atoms with van der Waals surface area (Å²) in [5.74, 6) is -0.244. The third-order valence-corrected chi connectivity index (χ3v) is 5.18. The Bertz CT molecular complexity index is 529. The quantitative estimate of drug-likeness (QED) is 0.830. The minimum atomic E-state index is -0.436. The van der Waals surface area contributed by atoms with Gasteiger partial charge in [-0.3, -0.25) is 9.69 Å². The first kappa shape index (κ1) is 17.4. The molecule has 0 radical (unpaired) electrons. The zero-order chi connectivity index (χ0) is 17.0. The molecule has 132 valence electrons. The Morgan fingerprint density at radius 3 is 2.25 bits per heavy atom. The zero-order valence-electron chi connectivity index (χ0n) is 14.7. The van der Waals surface area contributed by atoms with Gasteiger partial charge in [0.05, 0.1) is 13.2 Å². The monoisotopic (exact) mass is 332 g/mol. The molecule has 2 aliphatic heterocycles. The first-order valence-corrected chi connectivity index (χ1v) is 9.05. The average molecular weight is 332 g/mol. The number of piperidine rings is 1. The molecule has 2 fully saturated rings. The molecular formula is C19H28N2O3. The van der Waals surface area contributed by atoms with E-state index in [4.69, 9.17) is 9.47 Å². The van der Waals surface area contributed by atoms with Crippen LogP contribution in [-0.2, 0) is 14.3 Å². The van der Waals surface area contributed by atoms with Gasteiger partial charge in [0.25, 0.3) is 0 Å². The van der Waals surface area contributed by atoms with Crippen LogP contribution in [0.1, 0.15) is 38.3 Å². The second-order valence-electron chi connectivity index (χ2n) is 6.47. The van der Waals surface area contributed by atoms with E-state index in [1.54, 1.807) is 0 Å². The summed E-state index contributed by atoms with van der Waals surface area (Å²) in [6, 6.07) is 9.90. The van der Waals surface area contributed by atoms with E-state index in [-0.39, 0.29) is 11.9 Å². The van der Waals surface area contributed by atoms with E-state index in [0.29, 0.717) is 26.3 Å². The van der Waals surface area contributed by atoms with Crippen LogP contribution < -0.4 is 0 Å². The fourth-order valence-corrected chi connectivity index (χ4v) is 3.76. The Kier molecular flexibility index (Phi) is 5.54. The van der Waals surface area contributed by atoms with Crippen molar-refractivity contribution in [2.45, 2.75) is 38.5 Å². The van der Waals surface area contributed by atoms with Crippen molar-refractivity contribution in [1.82, 2.24) is 9.80 Å². The lowest BCUT2D eigenvalue weighted by molar-refractivity contribution is -0.188. The molecule has 0 unspecified atom stereocenters. The van der Waals surface area contributed by atoms with Crippen LogP contribution in [0.2, 0.25) is 0 Å². The second-order valence-corrected chi connectivity index (χ2v) is 6.47. The number of hydrogen-bond acceptors (Lipinski definition) is 4. The third kappa shape index (κ3) is 3.48. The van der Waals surface area contributed by atoms with Crippen molar-refractivity contribution in [2.24, 2.45) is 0 Å². The maximum Gasteiger partial charge on any atom is 0.244 e. The summed E-state index contributed by atoms with van der Waals surface area (Å²) in [5.41, 5.74) is 1.07. The Labute approximate surface area is 144 Å². The summed E-state index contributed by atoms with van der Waals surface area (Å²) in [7, 11) is 0. The summed E-state index contributed by atoms with van der Waals surface area (Å²) in [4.78, 5) is 17.5. The van der Waals surface area contributed by atoms with Crippen molar-refractivity contribution in [2.75, 3.05) is 39.4 Å². The van der Waals surface area contributed by atoms with Crippen LogP contribution >= 0.6 is 0 Å². The van der Waals surface area contributed by atoms with Gasteiger partial charge in [0.15, 0.2) is 5.79 Å². The van der Waals surface area contributed by atoms with Crippen LogP contribution in [0, 0.1) is 0 Å². The molecule has 1 amide bonds. The normalized spacial score (nSPS) is 21.4. The molecule has 2 aliphatic rings. The molecule has 2 saturated heterocycles. The fraction of sp³-hybridized carbons (Fsp3) is 0.632. The standard InChI is InChI=1S/C19H28N2O3/c1-3-20(4-2)17(16-8-6-5-7-9-16)18(22)21-12-10-19(11-13-21)23-14-15-24-19/h5-9,17H,3-4,10-15H2,1-2H3/t17-/m1/s1. The van der Waals surface area contributed by atoms with Gasteiger partial charge in [0, 0.05) is 25.9 Å². The van der Waals surface area contributed by atoms with Crippen molar-refractivity contribution in [3.63, 3.8) is 0 Å². The number of rotatable bonds is 5. The highest BCUT2D eigenvalue weighted by molar-refractivity contribution is 5.83. The minimum absolute atomic E-state index is 0.192. The molecule has 0 aliphatic carbocycles. The second kappa shape index (κ2) is 7.64. The molecule has 5 nitrogen and oxygen atoms in total. The number of nitrogens with zero attached hydrogens (tertiary/aromatic N) is 2. The molecule has 0 aromatic heterocycles. The number of carbonyl (C=O) groups is 1. The topological polar surface area (TPSA) is 42.0 Å². The largest absolute Gasteiger partial charge is 0.347 e. The van der Waals surface area contributed by atoms with E-state index >= 15 is 0 Å². The highest BCUT2D eigenvalue weighted by atomic mass is 16.7. The molecule has 1 atom stereocenters. The first-order chi connectivity index (χ1) is 11.7. The van der Waals surface area contributed by atoms with Crippen molar-refractivity contribution in [3.05, 3.63) is 35.9 Å². The minimum Gasteiger partial charge on any atom is -0.347 e. The lowest BCUT2D eigenvalue weighted by Gasteiger charge is -2.40. The molecule has 0 N–H and O–H groups in total. The van der Waals surface area contributed by atoms with Gasteiger partial charge < -0.3 is 14.4 Å². The summed E-state index contributed by atoms with van der Waals surface area (Å²) in [6.45, 7) is 8.65. The van der Waals surface area contributed by atoms with E-state index < -0.39 is 5.79 Å². The van der Waals surface area contributed by atoms with Crippen LogP contribution in [0.3, 0.4) is 0 Å². The van der Waals surface area contributed by atoms with Gasteiger partial charge in [0.1, 0.15) is 6.04 Å². The molecule has 0 saturated carbocycles. The van der Waals surface area contributed by atoms with E-state index in [1.165, 1.54) is 0 Å². The van der Waals surface area contributed by atoms with Crippen LogP contribution in [0.4, 0.5) is 0 Å². The van der Waals surface area contributed by atoms with Crippen molar-refractivity contribution >= 4 is 5.91 Å². The number of ether oxygens (including phenoxy) is 2. The molecule has 3 rings (SSSR count). The highest BCUT2D eigenvalue weighted by Crippen LogP contribution is 2.33. The lowest BCUT2D eigenvalue weighted by atomic mass is 9.99. The SMILES string of the molecule is CCN(CC)[C@@H](C(=O)N1CCC2(CC1)OCCO2)c1ccccc1. The fourth-order valence-electron chi connectivity index (χ4n) is 3.76. The summed E-state index contributed by atoms with van der Waals surface area (Å²) < 4.78 is 11.5. The summed E-state index contributed by atoms with van der Waals surface area (Å²) >= 11 is 0. The molecule has 24 heavy (non-hydrogen) atoms. The maximum atomic E-state index is 13.3. The van der Waals surface area contributed by atoms with Crippen LogP contribution in [0.5, 0.6) is 0 Å². The molecule has 2 heterocycles. The van der Waals surface area contributed by atoms with Gasteiger partial charge in [-0.15, -0.1) is 0 Å². The van der Waals surface area contributed by atoms with Gasteiger partial charge in [-0.05, 0) is 18.7 Å². The Hall–Kier alpha value is -1.43. The van der Waals surface area contributed by atoms with E-state index in [0.717, 1.165) is 31.5 Å². The van der Waals surface area contributed by atoms with Gasteiger partial charge in [-0.25, -0.2) is 0 Å². The van der Waals surface area contributed by atoms with Crippen LogP contribution in [0.15, 0.2) is 30.3 Å². The Balaban J connectivity index is 1.74. The maximum absolute atomic E-state index is 13.3. The van der Waals surface area contributed by atoms with Gasteiger partial charge in [-0.2, -0.15) is 0 Å². The molecule has 1 spiro atoms. The summed E-state index contributed by atoms with van der Waals surface area (Å²) in [6.07, 6.45) is 1.52. The summed E-state index contributed by atoms with van der Waals surface area (Å²) in [5, 5.41) is 0. The van der Waals surface area contributed by atoms with Gasteiger partial charge >= 0.3 is 0 Å². The third-order valence-electron chi connectivity index (χ3n) is 5.18. The number of likely N-dealkylation sites (N-methyl/N-ethyl adjacent to an activating group) is 1. The molecule has 5 heteroatoms. The van der Waals surface area contributed by atoms with Gasteiger partial charge in [-0.1, -0.05) is 44.2 Å². The first-order valence-electron chi connectivity index (χ1n) is 9.05. The van der Waals surface area contributed by atoms with Gasteiger partial charge in [0.2, 0.25) is 5.91 Å². The Morgan fingerprint density at radius 2 is 1.71 bits per heavy atom. The van der Waals surface area contributed by atoms with Crippen molar-refractivity contribution in [1.29, 1.82) is 0 Å². The Morgan fingerprint density at radius 1 is 1.12 bits per heavy atom. The molecule has 1 aromatic rings. The van der Waals surface area contributed by atoms with Crippen molar-refractivity contribution in [3.8, 4) is 0 Å². The lowest BCUT2D eigenvalue weighted by Crippen LogP contribution is -2.50. The highest BCUT2D eigenvalue weighted by Gasteiger charge is 2.42. The number of carbonyl (C=O) groups excluding carboxylic acids is 1. The molecular weight excluding hydrogens is 304 g/mol. The van der Waals surface area contributed by atoms with Crippen LogP contribution in [0.25, 0.3) is 0 Å². The van der Waals surface area contributed by atoms with E-state index in [2.05, 4.69) is 30.9 Å². The number of hydrogen-bond donors (Lipinski definition) is 0. The molecule has 0 bridgehead atoms. The van der Waals surface area contributed by atoms with Crippen molar-refractivity contribution < 1.29 is 14.3 Å². The van der Waals surface area contributed by atoms with Crippen LogP contribution in [-0.4, -0.2) is 60.9 Å². The number of benzene rings is 1. The molecule has 1 aromatic carbocycles. The van der Waals surface area contributed by atoms with E-state index in [9.17, 15) is 4.79 Å². The smallest absolute Gasteiger partial charge is 0.244 e. The predicted octanol–water partition coefficient (Wildman–Crippen LogP) is 2.43. The number of likely N-dealkylation sites (tertiary alicyclic amines) is 1. The zero-order valence-corrected chi connectivity index (χ0v) is 14.7.